The molecule has 1 amide bonds. The molecule has 0 aliphatic rings. The molecule has 46 heavy (non-hydrogen) atoms. The van der Waals surface area contributed by atoms with E-state index in [0.717, 1.165) is 23.1 Å². The summed E-state index contributed by atoms with van der Waals surface area (Å²) in [6.45, 7) is 10.5. The summed E-state index contributed by atoms with van der Waals surface area (Å²) in [5, 5.41) is 20.6. The molecule has 4 aromatic rings. The SMILES string of the molecule is CCC(Cl)c1c(OCCN)noc1-c1ccccc1.CCC(O)c1c(OCCNC(=O)OC(C)(C)C)noc1-c1ccccc1.Cl. The van der Waals surface area contributed by atoms with Crippen LogP contribution in [0.5, 0.6) is 11.8 Å². The van der Waals surface area contributed by atoms with E-state index >= 15 is 0 Å². The Kier molecular flexibility index (Phi) is 15.9. The number of aromatic nitrogens is 2. The minimum atomic E-state index is -0.759. The van der Waals surface area contributed by atoms with Gasteiger partial charge in [-0.25, -0.2) is 4.79 Å². The number of aliphatic hydroxyl groups excluding tert-OH is 1. The van der Waals surface area contributed by atoms with Crippen molar-refractivity contribution in [2.45, 2.75) is 64.5 Å². The molecule has 2 heterocycles. The van der Waals surface area contributed by atoms with Crippen molar-refractivity contribution in [3.63, 3.8) is 0 Å². The zero-order chi connectivity index (χ0) is 32.8. The van der Waals surface area contributed by atoms with Crippen LogP contribution in [0.15, 0.2) is 69.7 Å². The molecule has 0 aliphatic carbocycles. The van der Waals surface area contributed by atoms with Crippen molar-refractivity contribution >= 4 is 30.1 Å². The number of amides is 1. The van der Waals surface area contributed by atoms with E-state index in [4.69, 9.17) is 40.6 Å². The number of rotatable bonds is 13. The van der Waals surface area contributed by atoms with Crippen LogP contribution >= 0.6 is 24.0 Å². The average Bonchev–Trinajstić information content (AvgIpc) is 3.66. The van der Waals surface area contributed by atoms with E-state index in [9.17, 15) is 9.90 Å². The minimum absolute atomic E-state index is 0. The number of hydrogen-bond acceptors (Lipinski definition) is 10. The first-order valence-corrected chi connectivity index (χ1v) is 15.4. The van der Waals surface area contributed by atoms with Crippen molar-refractivity contribution in [2.24, 2.45) is 5.73 Å². The highest BCUT2D eigenvalue weighted by Crippen LogP contribution is 2.40. The molecule has 4 rings (SSSR count). The Morgan fingerprint density at radius 1 is 0.891 bits per heavy atom. The number of halogens is 2. The summed E-state index contributed by atoms with van der Waals surface area (Å²) < 4.78 is 27.1. The molecule has 4 N–H and O–H groups in total. The number of aliphatic hydroxyl groups is 1. The van der Waals surface area contributed by atoms with Gasteiger partial charge in [0.25, 0.3) is 11.8 Å². The minimum Gasteiger partial charge on any atom is -0.474 e. The van der Waals surface area contributed by atoms with Gasteiger partial charge < -0.3 is 39.4 Å². The van der Waals surface area contributed by atoms with Gasteiger partial charge in [0.05, 0.1) is 29.2 Å². The van der Waals surface area contributed by atoms with Gasteiger partial charge in [0.2, 0.25) is 0 Å². The Bertz CT molecular complexity index is 1440. The summed E-state index contributed by atoms with van der Waals surface area (Å²) >= 11 is 6.36. The predicted molar refractivity (Wildman–Crippen MR) is 180 cm³/mol. The number of benzene rings is 2. The second-order valence-electron chi connectivity index (χ2n) is 10.9. The van der Waals surface area contributed by atoms with E-state index in [1.807, 2.05) is 74.5 Å². The van der Waals surface area contributed by atoms with E-state index < -0.39 is 17.8 Å². The van der Waals surface area contributed by atoms with E-state index in [1.165, 1.54) is 0 Å². The van der Waals surface area contributed by atoms with Gasteiger partial charge in [0.1, 0.15) is 18.8 Å². The third kappa shape index (κ3) is 11.2. The van der Waals surface area contributed by atoms with Crippen LogP contribution in [-0.2, 0) is 4.74 Å². The fourth-order valence-corrected chi connectivity index (χ4v) is 4.31. The molecule has 2 aromatic heterocycles. The van der Waals surface area contributed by atoms with Crippen LogP contribution < -0.4 is 20.5 Å². The van der Waals surface area contributed by atoms with Crippen LogP contribution in [-0.4, -0.2) is 53.4 Å². The molecule has 0 saturated carbocycles. The zero-order valence-electron chi connectivity index (χ0n) is 26.8. The highest BCUT2D eigenvalue weighted by Gasteiger charge is 2.26. The topological polar surface area (TPSA) is 155 Å². The molecule has 11 nitrogen and oxygen atoms in total. The summed E-state index contributed by atoms with van der Waals surface area (Å²) in [5.41, 5.74) is 7.93. The van der Waals surface area contributed by atoms with Crippen molar-refractivity contribution < 1.29 is 33.2 Å². The van der Waals surface area contributed by atoms with Gasteiger partial charge in [-0.1, -0.05) is 74.5 Å². The zero-order valence-corrected chi connectivity index (χ0v) is 28.4. The van der Waals surface area contributed by atoms with E-state index in [1.54, 1.807) is 20.8 Å². The number of ether oxygens (including phenoxy) is 3. The number of alkyl carbamates (subject to hydrolysis) is 1. The van der Waals surface area contributed by atoms with Crippen LogP contribution in [0.4, 0.5) is 4.79 Å². The molecule has 13 heteroatoms. The summed E-state index contributed by atoms with van der Waals surface area (Å²) in [7, 11) is 0. The predicted octanol–water partition coefficient (Wildman–Crippen LogP) is 7.48. The molecule has 2 atom stereocenters. The fraction of sp³-hybridized carbons (Fsp3) is 0.424. The van der Waals surface area contributed by atoms with Crippen LogP contribution in [0.1, 0.15) is 70.1 Å². The van der Waals surface area contributed by atoms with Crippen molar-refractivity contribution in [2.75, 3.05) is 26.3 Å². The lowest BCUT2D eigenvalue weighted by atomic mass is 10.0. The monoisotopic (exact) mass is 678 g/mol. The van der Waals surface area contributed by atoms with Crippen LogP contribution in [0.25, 0.3) is 22.6 Å². The smallest absolute Gasteiger partial charge is 0.407 e. The highest BCUT2D eigenvalue weighted by molar-refractivity contribution is 6.21. The van der Waals surface area contributed by atoms with Gasteiger partial charge in [0, 0.05) is 17.7 Å². The van der Waals surface area contributed by atoms with Crippen LogP contribution in [0.3, 0.4) is 0 Å². The second kappa shape index (κ2) is 19.0. The molecule has 0 saturated heterocycles. The van der Waals surface area contributed by atoms with Crippen molar-refractivity contribution in [3.05, 3.63) is 71.8 Å². The van der Waals surface area contributed by atoms with E-state index in [2.05, 4.69) is 15.6 Å². The summed E-state index contributed by atoms with van der Waals surface area (Å²) in [4.78, 5) is 11.6. The maximum atomic E-state index is 11.6. The van der Waals surface area contributed by atoms with Crippen LogP contribution in [0, 0.1) is 0 Å². The molecule has 2 aromatic carbocycles. The molecule has 252 valence electrons. The van der Waals surface area contributed by atoms with Crippen LogP contribution in [0.2, 0.25) is 0 Å². The molecule has 2 unspecified atom stereocenters. The lowest BCUT2D eigenvalue weighted by Crippen LogP contribution is -2.34. The second-order valence-corrected chi connectivity index (χ2v) is 11.4. The number of carbonyl (C=O) groups is 1. The maximum Gasteiger partial charge on any atom is 0.407 e. The largest absolute Gasteiger partial charge is 0.474 e. The molecule has 0 spiro atoms. The number of nitrogens with one attached hydrogen (secondary N) is 1. The fourth-order valence-electron chi connectivity index (χ4n) is 4.12. The Morgan fingerprint density at radius 2 is 1.39 bits per heavy atom. The van der Waals surface area contributed by atoms with Crippen molar-refractivity contribution in [3.8, 4) is 34.4 Å². The van der Waals surface area contributed by atoms with Gasteiger partial charge in [-0.3, -0.25) is 0 Å². The van der Waals surface area contributed by atoms with E-state index in [-0.39, 0.29) is 36.8 Å². The summed E-state index contributed by atoms with van der Waals surface area (Å²) in [6.07, 6.45) is -0.0138. The normalized spacial score (nSPS) is 12.2. The quantitative estimate of drug-likeness (QED) is 0.0957. The molecular weight excluding hydrogens is 635 g/mol. The van der Waals surface area contributed by atoms with Gasteiger partial charge in [-0.05, 0) is 43.9 Å². The lowest BCUT2D eigenvalue weighted by Gasteiger charge is -2.19. The summed E-state index contributed by atoms with van der Waals surface area (Å²) in [6, 6.07) is 19.1. The number of nitrogens with two attached hydrogens (primary N) is 1. The van der Waals surface area contributed by atoms with E-state index in [0.29, 0.717) is 42.5 Å². The number of nitrogens with zero attached hydrogens (tertiary/aromatic N) is 2. The third-order valence-corrected chi connectivity index (χ3v) is 6.75. The molecule has 0 bridgehead atoms. The Labute approximate surface area is 281 Å². The molecule has 0 radical (unpaired) electrons. The number of alkyl halides is 1. The molecule has 0 aliphatic heterocycles. The first-order valence-electron chi connectivity index (χ1n) is 14.9. The van der Waals surface area contributed by atoms with Crippen molar-refractivity contribution in [1.82, 2.24) is 15.6 Å². The molecule has 0 fully saturated rings. The molecular formula is C33H44Cl2N4O7. The Hall–Kier alpha value is -3.77. The third-order valence-electron chi connectivity index (χ3n) is 6.22. The maximum absolute atomic E-state index is 11.6. The van der Waals surface area contributed by atoms with Gasteiger partial charge in [-0.15, -0.1) is 24.0 Å². The summed E-state index contributed by atoms with van der Waals surface area (Å²) in [5.74, 6) is 1.81. The highest BCUT2D eigenvalue weighted by atomic mass is 35.5. The van der Waals surface area contributed by atoms with Gasteiger partial charge in [0.15, 0.2) is 11.5 Å². The van der Waals surface area contributed by atoms with Crippen molar-refractivity contribution in [1.29, 1.82) is 0 Å². The number of carbonyl (C=O) groups excluding carboxylic acids is 1. The first-order chi connectivity index (χ1) is 21.6. The Morgan fingerprint density at radius 3 is 1.87 bits per heavy atom. The number of hydrogen-bond donors (Lipinski definition) is 3. The van der Waals surface area contributed by atoms with Gasteiger partial charge in [-0.2, -0.15) is 0 Å². The van der Waals surface area contributed by atoms with Gasteiger partial charge >= 0.3 is 6.09 Å². The average molecular weight is 680 g/mol. The standard InChI is InChI=1S/C19H26N2O5.C14H17ClN2O2.ClH/c1-5-14(22)15-16(13-9-7-6-8-10-13)26-21-17(15)24-12-11-20-18(23)25-19(2,3)4;1-2-11(15)12-13(10-6-4-3-5-7-10)19-17-14(12)18-9-8-16;/h6-10,14,22H,5,11-12H2,1-4H3,(H,20,23);3-7,11H,2,8-9,16H2,1H3;1H. The first kappa shape index (κ1) is 38.4. The lowest BCUT2D eigenvalue weighted by molar-refractivity contribution is 0.0519. The Balaban J connectivity index is 0.000000328.